The fraction of sp³-hybridized carbons (Fsp3) is 0.364. The third-order valence-corrected chi connectivity index (χ3v) is 2.69. The molecule has 2 amide bonds. The first-order valence-corrected chi connectivity index (χ1v) is 4.98. The first-order valence-electron chi connectivity index (χ1n) is 4.98. The molecule has 1 aromatic carbocycles. The molecule has 0 saturated carbocycles. The van der Waals surface area contributed by atoms with Crippen molar-refractivity contribution in [3.63, 3.8) is 0 Å². The second-order valence-corrected chi connectivity index (χ2v) is 3.66. The zero-order valence-electron chi connectivity index (χ0n) is 8.53. The average Bonchev–Trinajstić information content (AvgIpc) is 2.63. The average molecular weight is 208 g/mol. The van der Waals surface area contributed by atoms with Crippen molar-refractivity contribution in [1.82, 2.24) is 10.2 Å². The molecule has 15 heavy (non-hydrogen) atoms. The number of benzene rings is 1. The van der Waals surface area contributed by atoms with Crippen molar-refractivity contribution in [3.05, 3.63) is 35.6 Å². The van der Waals surface area contributed by atoms with Gasteiger partial charge in [-0.2, -0.15) is 0 Å². The van der Waals surface area contributed by atoms with Crippen molar-refractivity contribution in [2.75, 3.05) is 13.1 Å². The number of nitrogens with zero attached hydrogens (tertiary/aromatic N) is 1. The van der Waals surface area contributed by atoms with Gasteiger partial charge in [0.25, 0.3) is 0 Å². The Hall–Kier alpha value is -1.58. The highest BCUT2D eigenvalue weighted by Gasteiger charge is 2.25. The van der Waals surface area contributed by atoms with E-state index in [2.05, 4.69) is 5.32 Å². The third kappa shape index (κ3) is 1.93. The van der Waals surface area contributed by atoms with Crippen LogP contribution in [0.4, 0.5) is 9.18 Å². The van der Waals surface area contributed by atoms with Gasteiger partial charge < -0.3 is 10.2 Å². The predicted molar refractivity (Wildman–Crippen MR) is 54.9 cm³/mol. The van der Waals surface area contributed by atoms with Crippen LogP contribution in [0.3, 0.4) is 0 Å². The zero-order valence-corrected chi connectivity index (χ0v) is 8.53. The molecule has 80 valence electrons. The van der Waals surface area contributed by atoms with E-state index in [0.717, 1.165) is 5.56 Å². The minimum Gasteiger partial charge on any atom is -0.336 e. The molecule has 4 heteroatoms. The van der Waals surface area contributed by atoms with E-state index >= 15 is 0 Å². The van der Waals surface area contributed by atoms with Crippen molar-refractivity contribution < 1.29 is 9.18 Å². The molecular weight excluding hydrogens is 195 g/mol. The molecule has 1 fully saturated rings. The SMILES string of the molecule is CC(c1cccc(F)c1)N1CCNC1=O. The second-order valence-electron chi connectivity index (χ2n) is 3.66. The van der Waals surface area contributed by atoms with Crippen molar-refractivity contribution >= 4 is 6.03 Å². The maximum atomic E-state index is 13.0. The quantitative estimate of drug-likeness (QED) is 0.791. The number of hydrogen-bond acceptors (Lipinski definition) is 1. The molecule has 1 aliphatic rings. The second kappa shape index (κ2) is 3.88. The van der Waals surface area contributed by atoms with E-state index in [9.17, 15) is 9.18 Å². The number of rotatable bonds is 2. The van der Waals surface area contributed by atoms with Crippen LogP contribution in [0, 0.1) is 5.82 Å². The van der Waals surface area contributed by atoms with E-state index in [1.807, 2.05) is 13.0 Å². The summed E-state index contributed by atoms with van der Waals surface area (Å²) in [6, 6.07) is 6.21. The minimum atomic E-state index is -0.265. The van der Waals surface area contributed by atoms with Gasteiger partial charge >= 0.3 is 6.03 Å². The lowest BCUT2D eigenvalue weighted by Crippen LogP contribution is -2.30. The van der Waals surface area contributed by atoms with Crippen LogP contribution in [0.1, 0.15) is 18.5 Å². The Bertz CT molecular complexity index is 381. The maximum Gasteiger partial charge on any atom is 0.318 e. The summed E-state index contributed by atoms with van der Waals surface area (Å²) in [6.07, 6.45) is 0. The molecule has 1 N–H and O–H groups in total. The van der Waals surface area contributed by atoms with Gasteiger partial charge in [0, 0.05) is 13.1 Å². The first-order chi connectivity index (χ1) is 7.18. The Kier molecular flexibility index (Phi) is 2.58. The Morgan fingerprint density at radius 3 is 2.93 bits per heavy atom. The number of nitrogens with one attached hydrogen (secondary N) is 1. The van der Waals surface area contributed by atoms with E-state index in [-0.39, 0.29) is 17.9 Å². The number of urea groups is 1. The Morgan fingerprint density at radius 2 is 2.33 bits per heavy atom. The lowest BCUT2D eigenvalue weighted by Gasteiger charge is -2.23. The summed E-state index contributed by atoms with van der Waals surface area (Å²) in [5.74, 6) is -0.265. The molecule has 0 aliphatic carbocycles. The van der Waals surface area contributed by atoms with Crippen LogP contribution in [0.15, 0.2) is 24.3 Å². The molecule has 1 heterocycles. The van der Waals surface area contributed by atoms with Gasteiger partial charge in [0.15, 0.2) is 0 Å². The summed E-state index contributed by atoms with van der Waals surface area (Å²) >= 11 is 0. The summed E-state index contributed by atoms with van der Waals surface area (Å²) in [5, 5.41) is 2.73. The molecule has 1 unspecified atom stereocenters. The molecule has 1 aromatic rings. The normalized spacial score (nSPS) is 17.7. The molecule has 1 atom stereocenters. The third-order valence-electron chi connectivity index (χ3n) is 2.69. The summed E-state index contributed by atoms with van der Waals surface area (Å²) in [7, 11) is 0. The van der Waals surface area contributed by atoms with Gasteiger partial charge in [-0.05, 0) is 24.6 Å². The van der Waals surface area contributed by atoms with Crippen LogP contribution in [0.2, 0.25) is 0 Å². The number of carbonyl (C=O) groups excluding carboxylic acids is 1. The highest BCUT2D eigenvalue weighted by Crippen LogP contribution is 2.21. The van der Waals surface area contributed by atoms with E-state index in [0.29, 0.717) is 13.1 Å². The van der Waals surface area contributed by atoms with Crippen LogP contribution >= 0.6 is 0 Å². The summed E-state index contributed by atoms with van der Waals surface area (Å²) in [6.45, 7) is 3.24. The molecular formula is C11H13FN2O. The van der Waals surface area contributed by atoms with Gasteiger partial charge in [0.2, 0.25) is 0 Å². The minimum absolute atomic E-state index is 0.0771. The van der Waals surface area contributed by atoms with Gasteiger partial charge in [-0.3, -0.25) is 0 Å². The maximum absolute atomic E-state index is 13.0. The highest BCUT2D eigenvalue weighted by atomic mass is 19.1. The van der Waals surface area contributed by atoms with Crippen molar-refractivity contribution in [3.8, 4) is 0 Å². The van der Waals surface area contributed by atoms with Crippen LogP contribution in [0.5, 0.6) is 0 Å². The van der Waals surface area contributed by atoms with Crippen molar-refractivity contribution in [2.24, 2.45) is 0 Å². The van der Waals surface area contributed by atoms with Crippen molar-refractivity contribution in [1.29, 1.82) is 0 Å². The lowest BCUT2D eigenvalue weighted by atomic mass is 10.1. The van der Waals surface area contributed by atoms with Crippen LogP contribution < -0.4 is 5.32 Å². The van der Waals surface area contributed by atoms with Gasteiger partial charge in [-0.1, -0.05) is 12.1 Å². The molecule has 0 aromatic heterocycles. The first kappa shape index (κ1) is 9.96. The smallest absolute Gasteiger partial charge is 0.318 e. The fourth-order valence-electron chi connectivity index (χ4n) is 1.80. The number of hydrogen-bond donors (Lipinski definition) is 1. The molecule has 2 rings (SSSR count). The largest absolute Gasteiger partial charge is 0.336 e. The van der Waals surface area contributed by atoms with Gasteiger partial charge in [0.05, 0.1) is 6.04 Å². The van der Waals surface area contributed by atoms with Crippen LogP contribution in [-0.2, 0) is 0 Å². The van der Waals surface area contributed by atoms with Gasteiger partial charge in [-0.25, -0.2) is 9.18 Å². The fourth-order valence-corrected chi connectivity index (χ4v) is 1.80. The topological polar surface area (TPSA) is 32.3 Å². The standard InChI is InChI=1S/C11H13FN2O/c1-8(14-6-5-13-11(14)15)9-3-2-4-10(12)7-9/h2-4,7-8H,5-6H2,1H3,(H,13,15). The number of halogens is 1. The van der Waals surface area contributed by atoms with Crippen LogP contribution in [0.25, 0.3) is 0 Å². The van der Waals surface area contributed by atoms with E-state index in [1.54, 1.807) is 11.0 Å². The number of amides is 2. The molecule has 1 aliphatic heterocycles. The monoisotopic (exact) mass is 208 g/mol. The van der Waals surface area contributed by atoms with Crippen LogP contribution in [-0.4, -0.2) is 24.0 Å². The molecule has 0 radical (unpaired) electrons. The van der Waals surface area contributed by atoms with E-state index < -0.39 is 0 Å². The number of carbonyl (C=O) groups is 1. The summed E-state index contributed by atoms with van der Waals surface area (Å²) in [5.41, 5.74) is 0.826. The Morgan fingerprint density at radius 1 is 1.53 bits per heavy atom. The van der Waals surface area contributed by atoms with E-state index in [1.165, 1.54) is 12.1 Å². The molecule has 1 saturated heterocycles. The molecule has 0 spiro atoms. The predicted octanol–water partition coefficient (Wildman–Crippen LogP) is 1.91. The van der Waals surface area contributed by atoms with Crippen molar-refractivity contribution in [2.45, 2.75) is 13.0 Å². The lowest BCUT2D eigenvalue weighted by molar-refractivity contribution is 0.202. The highest BCUT2D eigenvalue weighted by molar-refractivity contribution is 5.76. The summed E-state index contributed by atoms with van der Waals surface area (Å²) in [4.78, 5) is 13.1. The zero-order chi connectivity index (χ0) is 10.8. The Balaban J connectivity index is 2.20. The van der Waals surface area contributed by atoms with Gasteiger partial charge in [-0.15, -0.1) is 0 Å². The summed E-state index contributed by atoms with van der Waals surface area (Å²) < 4.78 is 13.0. The van der Waals surface area contributed by atoms with E-state index in [4.69, 9.17) is 0 Å². The molecule has 0 bridgehead atoms. The van der Waals surface area contributed by atoms with Gasteiger partial charge in [0.1, 0.15) is 5.82 Å². The Labute approximate surface area is 87.9 Å². The molecule has 3 nitrogen and oxygen atoms in total.